The molecule has 15 heavy (non-hydrogen) atoms. The van der Waals surface area contributed by atoms with E-state index in [1.54, 1.807) is 6.08 Å². The van der Waals surface area contributed by atoms with Gasteiger partial charge in [0.15, 0.2) is 4.87 Å². The average Bonchev–Trinajstić information content (AvgIpc) is 2.31. The molecule has 1 aromatic rings. The van der Waals surface area contributed by atoms with Crippen LogP contribution in [0.5, 0.6) is 0 Å². The summed E-state index contributed by atoms with van der Waals surface area (Å²) in [4.78, 5) is -0.849. The normalized spacial score (nSPS) is 24.4. The van der Waals surface area contributed by atoms with Gasteiger partial charge in [-0.2, -0.15) is 5.26 Å². The van der Waals surface area contributed by atoms with E-state index in [0.29, 0.717) is 6.42 Å². The van der Waals surface area contributed by atoms with E-state index < -0.39 is 4.87 Å². The molecular weight excluding hydrogens is 206 g/mol. The Bertz CT molecular complexity index is 453. The molecular formula is C13H10ClN. The van der Waals surface area contributed by atoms with Crippen molar-refractivity contribution in [1.82, 2.24) is 0 Å². The fourth-order valence-corrected chi connectivity index (χ4v) is 1.68. The van der Waals surface area contributed by atoms with Crippen LogP contribution in [-0.2, 0) is 0 Å². The first-order chi connectivity index (χ1) is 7.23. The maximum absolute atomic E-state index is 8.84. The minimum Gasteiger partial charge on any atom is -0.196 e. The third-order valence-electron chi connectivity index (χ3n) is 2.44. The monoisotopic (exact) mass is 215 g/mol. The predicted octanol–water partition coefficient (Wildman–Crippen LogP) is 3.53. The third kappa shape index (κ3) is 2.11. The molecule has 1 nitrogen and oxygen atoms in total. The van der Waals surface area contributed by atoms with Crippen LogP contribution in [0.2, 0.25) is 0 Å². The number of hydrogen-bond donors (Lipinski definition) is 0. The Balaban J connectivity index is 2.25. The molecule has 0 bridgehead atoms. The molecule has 0 aliphatic heterocycles. The van der Waals surface area contributed by atoms with Gasteiger partial charge in [0.1, 0.15) is 0 Å². The Hall–Kier alpha value is -1.52. The van der Waals surface area contributed by atoms with Gasteiger partial charge in [0.2, 0.25) is 0 Å². The number of rotatable bonds is 1. The lowest BCUT2D eigenvalue weighted by atomic mass is 9.93. The number of benzene rings is 1. The number of alkyl halides is 1. The maximum Gasteiger partial charge on any atom is 0.152 e. The van der Waals surface area contributed by atoms with Crippen molar-refractivity contribution in [2.75, 3.05) is 0 Å². The minimum absolute atomic E-state index is 0.561. The molecule has 0 saturated carbocycles. The summed E-state index contributed by atoms with van der Waals surface area (Å²) in [6.07, 6.45) is 6.24. The second-order valence-electron chi connectivity index (χ2n) is 3.54. The topological polar surface area (TPSA) is 23.8 Å². The fraction of sp³-hybridized carbons (Fsp3) is 0.154. The van der Waals surface area contributed by atoms with Crippen molar-refractivity contribution in [2.24, 2.45) is 0 Å². The Labute approximate surface area is 94.3 Å². The second-order valence-corrected chi connectivity index (χ2v) is 4.21. The molecule has 0 heterocycles. The summed E-state index contributed by atoms with van der Waals surface area (Å²) in [7, 11) is 0. The van der Waals surface area contributed by atoms with Crippen LogP contribution in [0.25, 0.3) is 5.57 Å². The number of allylic oxidation sites excluding steroid dienone is 4. The molecule has 1 unspecified atom stereocenters. The SMILES string of the molecule is N#CC1(Cl)C=CC(c2ccccc2)=CC1. The number of hydrogen-bond acceptors (Lipinski definition) is 1. The Morgan fingerprint density at radius 3 is 2.53 bits per heavy atom. The van der Waals surface area contributed by atoms with Crippen molar-refractivity contribution in [3.8, 4) is 6.07 Å². The molecule has 1 aliphatic rings. The van der Waals surface area contributed by atoms with E-state index in [9.17, 15) is 0 Å². The van der Waals surface area contributed by atoms with Crippen LogP contribution >= 0.6 is 11.6 Å². The molecule has 0 spiro atoms. The molecule has 0 amide bonds. The van der Waals surface area contributed by atoms with E-state index in [-0.39, 0.29) is 0 Å². The van der Waals surface area contributed by atoms with Crippen LogP contribution in [0.4, 0.5) is 0 Å². The minimum atomic E-state index is -0.849. The molecule has 0 aromatic heterocycles. The standard InChI is InChI=1S/C13H10ClN/c14-13(10-15)8-6-12(7-9-13)11-4-2-1-3-5-11/h1-8H,9H2. The van der Waals surface area contributed by atoms with Crippen LogP contribution in [0.15, 0.2) is 48.6 Å². The van der Waals surface area contributed by atoms with E-state index in [1.807, 2.05) is 42.5 Å². The maximum atomic E-state index is 8.84. The lowest BCUT2D eigenvalue weighted by Crippen LogP contribution is -2.16. The molecule has 2 rings (SSSR count). The highest BCUT2D eigenvalue weighted by atomic mass is 35.5. The fourth-order valence-electron chi connectivity index (χ4n) is 1.54. The quantitative estimate of drug-likeness (QED) is 0.658. The van der Waals surface area contributed by atoms with E-state index in [0.717, 1.165) is 11.1 Å². The van der Waals surface area contributed by atoms with Crippen molar-refractivity contribution in [1.29, 1.82) is 5.26 Å². The van der Waals surface area contributed by atoms with Crippen LogP contribution in [-0.4, -0.2) is 4.87 Å². The first kappa shape index (κ1) is 10.0. The smallest absolute Gasteiger partial charge is 0.152 e. The molecule has 0 saturated heterocycles. The zero-order chi connectivity index (χ0) is 10.7. The van der Waals surface area contributed by atoms with Crippen molar-refractivity contribution >= 4 is 17.2 Å². The molecule has 1 atom stereocenters. The second kappa shape index (κ2) is 3.92. The van der Waals surface area contributed by atoms with Crippen molar-refractivity contribution in [3.05, 3.63) is 54.1 Å². The summed E-state index contributed by atoms with van der Waals surface area (Å²) < 4.78 is 0. The highest BCUT2D eigenvalue weighted by Crippen LogP contribution is 2.30. The van der Waals surface area contributed by atoms with Gasteiger partial charge in [-0.15, -0.1) is 0 Å². The zero-order valence-electron chi connectivity index (χ0n) is 8.15. The van der Waals surface area contributed by atoms with Crippen LogP contribution < -0.4 is 0 Å². The van der Waals surface area contributed by atoms with Crippen LogP contribution in [0.1, 0.15) is 12.0 Å². The summed E-state index contributed by atoms with van der Waals surface area (Å²) in [6, 6.07) is 12.2. The molecule has 0 N–H and O–H groups in total. The van der Waals surface area contributed by atoms with Gasteiger partial charge < -0.3 is 0 Å². The molecule has 2 heteroatoms. The Kier molecular flexibility index (Phi) is 2.62. The first-order valence-corrected chi connectivity index (χ1v) is 5.16. The van der Waals surface area contributed by atoms with Gasteiger partial charge in [-0.05, 0) is 17.2 Å². The van der Waals surface area contributed by atoms with Gasteiger partial charge in [-0.1, -0.05) is 54.1 Å². The van der Waals surface area contributed by atoms with E-state index in [2.05, 4.69) is 6.07 Å². The van der Waals surface area contributed by atoms with Gasteiger partial charge in [0, 0.05) is 6.42 Å². The van der Waals surface area contributed by atoms with Gasteiger partial charge in [-0.25, -0.2) is 0 Å². The van der Waals surface area contributed by atoms with E-state index in [4.69, 9.17) is 16.9 Å². The lowest BCUT2D eigenvalue weighted by molar-refractivity contribution is 0.884. The van der Waals surface area contributed by atoms with E-state index in [1.165, 1.54) is 0 Å². The molecule has 74 valence electrons. The third-order valence-corrected chi connectivity index (χ3v) is 2.80. The molecule has 0 radical (unpaired) electrons. The average molecular weight is 216 g/mol. The summed E-state index contributed by atoms with van der Waals surface area (Å²) >= 11 is 6.02. The Morgan fingerprint density at radius 2 is 2.00 bits per heavy atom. The van der Waals surface area contributed by atoms with Crippen LogP contribution in [0.3, 0.4) is 0 Å². The summed E-state index contributed by atoms with van der Waals surface area (Å²) in [6.45, 7) is 0. The number of nitrogens with zero attached hydrogens (tertiary/aromatic N) is 1. The van der Waals surface area contributed by atoms with Crippen molar-refractivity contribution in [3.63, 3.8) is 0 Å². The van der Waals surface area contributed by atoms with Gasteiger partial charge in [-0.3, -0.25) is 0 Å². The first-order valence-electron chi connectivity index (χ1n) is 4.78. The summed E-state index contributed by atoms with van der Waals surface area (Å²) in [5.41, 5.74) is 2.28. The highest BCUT2D eigenvalue weighted by molar-refractivity contribution is 6.27. The largest absolute Gasteiger partial charge is 0.196 e. The van der Waals surface area contributed by atoms with Crippen molar-refractivity contribution in [2.45, 2.75) is 11.3 Å². The Morgan fingerprint density at radius 1 is 1.27 bits per heavy atom. The number of nitriles is 1. The van der Waals surface area contributed by atoms with Gasteiger partial charge >= 0.3 is 0 Å². The lowest BCUT2D eigenvalue weighted by Gasteiger charge is -2.17. The van der Waals surface area contributed by atoms with Gasteiger partial charge in [0.05, 0.1) is 6.07 Å². The van der Waals surface area contributed by atoms with E-state index >= 15 is 0 Å². The van der Waals surface area contributed by atoms with Crippen LogP contribution in [0, 0.1) is 11.3 Å². The highest BCUT2D eigenvalue weighted by Gasteiger charge is 2.24. The molecule has 1 aromatic carbocycles. The van der Waals surface area contributed by atoms with Crippen molar-refractivity contribution < 1.29 is 0 Å². The molecule has 0 fully saturated rings. The predicted molar refractivity (Wildman–Crippen MR) is 62.4 cm³/mol. The zero-order valence-corrected chi connectivity index (χ0v) is 8.91. The summed E-state index contributed by atoms with van der Waals surface area (Å²) in [5, 5.41) is 8.84. The molecule has 1 aliphatic carbocycles. The van der Waals surface area contributed by atoms with Gasteiger partial charge in [0.25, 0.3) is 0 Å². The summed E-state index contributed by atoms with van der Waals surface area (Å²) in [5.74, 6) is 0. The number of halogens is 1.